The number of piperazine rings is 1. The molecule has 0 amide bonds. The molecule has 19 heavy (non-hydrogen) atoms. The summed E-state index contributed by atoms with van der Waals surface area (Å²) < 4.78 is 5.96. The molecule has 0 unspecified atom stereocenters. The predicted octanol–water partition coefficient (Wildman–Crippen LogP) is -0.569. The van der Waals surface area contributed by atoms with Crippen molar-refractivity contribution in [2.24, 2.45) is 0 Å². The first-order valence-corrected chi connectivity index (χ1v) is 7.71. The summed E-state index contributed by atoms with van der Waals surface area (Å²) >= 11 is 0. The van der Waals surface area contributed by atoms with Gasteiger partial charge in [0.05, 0.1) is 6.54 Å². The van der Waals surface area contributed by atoms with E-state index in [0.717, 1.165) is 25.3 Å². The van der Waals surface area contributed by atoms with Crippen LogP contribution in [0.4, 0.5) is 0 Å². The van der Waals surface area contributed by atoms with Crippen molar-refractivity contribution in [1.29, 1.82) is 0 Å². The molecule has 0 aromatic heterocycles. The minimum atomic E-state index is 0.841. The average molecular weight is 264 g/mol. The minimum absolute atomic E-state index is 0.841. The molecular formula is C16H28N2O+2. The van der Waals surface area contributed by atoms with Crippen LogP contribution >= 0.6 is 0 Å². The number of rotatable bonds is 6. The number of likely N-dealkylation sites (N-methyl/N-ethyl adjacent to an activating group) is 1. The van der Waals surface area contributed by atoms with Crippen LogP contribution in [0.1, 0.15) is 19.4 Å². The number of para-hydroxylation sites is 1. The fourth-order valence-corrected chi connectivity index (χ4v) is 2.80. The Balaban J connectivity index is 1.72. The largest absolute Gasteiger partial charge is 0.487 e. The van der Waals surface area contributed by atoms with E-state index in [1.807, 2.05) is 0 Å². The maximum atomic E-state index is 5.96. The zero-order valence-corrected chi connectivity index (χ0v) is 12.4. The van der Waals surface area contributed by atoms with E-state index in [2.05, 4.69) is 38.1 Å². The Kier molecular flexibility index (Phi) is 5.67. The zero-order valence-electron chi connectivity index (χ0n) is 12.4. The molecule has 1 saturated heterocycles. The van der Waals surface area contributed by atoms with Crippen molar-refractivity contribution in [2.45, 2.75) is 20.3 Å². The molecular weight excluding hydrogens is 236 g/mol. The van der Waals surface area contributed by atoms with E-state index in [1.54, 1.807) is 9.80 Å². The van der Waals surface area contributed by atoms with Gasteiger partial charge < -0.3 is 14.5 Å². The maximum absolute atomic E-state index is 5.96. The first kappa shape index (κ1) is 14.4. The molecule has 3 nitrogen and oxygen atoms in total. The van der Waals surface area contributed by atoms with E-state index in [-0.39, 0.29) is 0 Å². The topological polar surface area (TPSA) is 18.1 Å². The third-order valence-corrected chi connectivity index (χ3v) is 4.23. The van der Waals surface area contributed by atoms with E-state index >= 15 is 0 Å². The van der Waals surface area contributed by atoms with Gasteiger partial charge in [-0.3, -0.25) is 0 Å². The second-order valence-electron chi connectivity index (χ2n) is 5.41. The summed E-state index contributed by atoms with van der Waals surface area (Å²) in [6, 6.07) is 8.40. The lowest BCUT2D eigenvalue weighted by atomic mass is 10.1. The Morgan fingerprint density at radius 3 is 2.37 bits per heavy atom. The van der Waals surface area contributed by atoms with Crippen LogP contribution in [-0.2, 0) is 6.42 Å². The monoisotopic (exact) mass is 264 g/mol. The summed E-state index contributed by atoms with van der Waals surface area (Å²) in [5.41, 5.74) is 1.32. The summed E-state index contributed by atoms with van der Waals surface area (Å²) in [4.78, 5) is 3.45. The molecule has 0 spiro atoms. The van der Waals surface area contributed by atoms with Gasteiger partial charge in [0.15, 0.2) is 0 Å². The van der Waals surface area contributed by atoms with E-state index < -0.39 is 0 Å². The lowest BCUT2D eigenvalue weighted by Gasteiger charge is -2.28. The molecule has 1 aliphatic rings. The number of quaternary nitrogens is 2. The van der Waals surface area contributed by atoms with Crippen LogP contribution < -0.4 is 14.5 Å². The molecule has 106 valence electrons. The number of nitrogens with one attached hydrogen (secondary N) is 2. The molecule has 0 aliphatic carbocycles. The highest BCUT2D eigenvalue weighted by molar-refractivity contribution is 5.33. The summed E-state index contributed by atoms with van der Waals surface area (Å²) in [7, 11) is 0. The lowest BCUT2D eigenvalue weighted by Crippen LogP contribution is -3.28. The lowest BCUT2D eigenvalue weighted by molar-refractivity contribution is -1.01. The summed E-state index contributed by atoms with van der Waals surface area (Å²) in [6.45, 7) is 12.9. The Morgan fingerprint density at radius 1 is 1.00 bits per heavy atom. The predicted molar refractivity (Wildman–Crippen MR) is 78.1 cm³/mol. The van der Waals surface area contributed by atoms with Gasteiger partial charge in [0.25, 0.3) is 0 Å². The Hall–Kier alpha value is -1.06. The fourth-order valence-electron chi connectivity index (χ4n) is 2.80. The number of hydrogen-bond acceptors (Lipinski definition) is 1. The Morgan fingerprint density at radius 2 is 1.68 bits per heavy atom. The van der Waals surface area contributed by atoms with E-state index in [1.165, 1.54) is 38.3 Å². The van der Waals surface area contributed by atoms with Crippen molar-refractivity contribution in [1.82, 2.24) is 0 Å². The molecule has 3 heteroatoms. The van der Waals surface area contributed by atoms with Crippen molar-refractivity contribution < 1.29 is 14.5 Å². The second-order valence-corrected chi connectivity index (χ2v) is 5.41. The average Bonchev–Trinajstić information content (AvgIpc) is 2.48. The van der Waals surface area contributed by atoms with E-state index in [4.69, 9.17) is 4.74 Å². The normalized spacial score (nSPS) is 23.3. The highest BCUT2D eigenvalue weighted by Gasteiger charge is 2.21. The summed E-state index contributed by atoms with van der Waals surface area (Å²) in [5, 5.41) is 0. The quantitative estimate of drug-likeness (QED) is 0.704. The van der Waals surface area contributed by atoms with Gasteiger partial charge in [0, 0.05) is 0 Å². The van der Waals surface area contributed by atoms with Crippen LogP contribution in [0.25, 0.3) is 0 Å². The molecule has 1 fully saturated rings. The fraction of sp³-hybridized carbons (Fsp3) is 0.625. The van der Waals surface area contributed by atoms with Crippen LogP contribution in [0.15, 0.2) is 24.3 Å². The van der Waals surface area contributed by atoms with Gasteiger partial charge in [-0.25, -0.2) is 0 Å². The van der Waals surface area contributed by atoms with Gasteiger partial charge in [0.1, 0.15) is 45.1 Å². The first-order chi connectivity index (χ1) is 9.33. The SMILES string of the molecule is CCc1ccccc1OCC[NH+]1CC[NH+](CC)CC1. The van der Waals surface area contributed by atoms with Crippen LogP contribution in [0.5, 0.6) is 5.75 Å². The van der Waals surface area contributed by atoms with Crippen LogP contribution in [-0.4, -0.2) is 45.9 Å². The molecule has 0 radical (unpaired) electrons. The van der Waals surface area contributed by atoms with Crippen LogP contribution in [0.3, 0.4) is 0 Å². The summed E-state index contributed by atoms with van der Waals surface area (Å²) in [6.07, 6.45) is 1.04. The molecule has 0 atom stereocenters. The zero-order chi connectivity index (χ0) is 13.5. The van der Waals surface area contributed by atoms with Gasteiger partial charge in [-0.15, -0.1) is 0 Å². The Labute approximate surface area is 117 Å². The number of hydrogen-bond donors (Lipinski definition) is 2. The van der Waals surface area contributed by atoms with Crippen molar-refractivity contribution in [3.63, 3.8) is 0 Å². The van der Waals surface area contributed by atoms with Gasteiger partial charge in [-0.2, -0.15) is 0 Å². The van der Waals surface area contributed by atoms with Crippen LogP contribution in [0.2, 0.25) is 0 Å². The van der Waals surface area contributed by atoms with Crippen molar-refractivity contribution >= 4 is 0 Å². The van der Waals surface area contributed by atoms with E-state index in [9.17, 15) is 0 Å². The molecule has 2 rings (SSSR count). The molecule has 1 aromatic carbocycles. The third kappa shape index (κ3) is 4.22. The molecule has 1 aromatic rings. The molecule has 0 bridgehead atoms. The van der Waals surface area contributed by atoms with Crippen LogP contribution in [0, 0.1) is 0 Å². The second kappa shape index (κ2) is 7.51. The number of benzene rings is 1. The molecule has 0 saturated carbocycles. The van der Waals surface area contributed by atoms with E-state index in [0.29, 0.717) is 0 Å². The van der Waals surface area contributed by atoms with Crippen molar-refractivity contribution in [3.05, 3.63) is 29.8 Å². The smallest absolute Gasteiger partial charge is 0.137 e. The first-order valence-electron chi connectivity index (χ1n) is 7.71. The minimum Gasteiger partial charge on any atom is -0.487 e. The van der Waals surface area contributed by atoms with Gasteiger partial charge in [0.2, 0.25) is 0 Å². The molecule has 2 N–H and O–H groups in total. The number of ether oxygens (including phenoxy) is 1. The highest BCUT2D eigenvalue weighted by atomic mass is 16.5. The highest BCUT2D eigenvalue weighted by Crippen LogP contribution is 2.17. The van der Waals surface area contributed by atoms with Crippen molar-refractivity contribution in [3.8, 4) is 5.75 Å². The molecule has 1 aliphatic heterocycles. The maximum Gasteiger partial charge on any atom is 0.137 e. The van der Waals surface area contributed by atoms with Crippen molar-refractivity contribution in [2.75, 3.05) is 45.9 Å². The molecule has 1 heterocycles. The summed E-state index contributed by atoms with van der Waals surface area (Å²) in [5.74, 6) is 1.07. The Bertz CT molecular complexity index is 373. The third-order valence-electron chi connectivity index (χ3n) is 4.23. The van der Waals surface area contributed by atoms with Gasteiger partial charge in [-0.1, -0.05) is 25.1 Å². The van der Waals surface area contributed by atoms with Gasteiger partial charge >= 0.3 is 0 Å². The van der Waals surface area contributed by atoms with Gasteiger partial charge in [-0.05, 0) is 25.0 Å². The standard InChI is InChI=1S/C16H26N2O/c1-3-15-7-5-6-8-16(15)19-14-13-18-11-9-17(4-2)10-12-18/h5-8H,3-4,9-14H2,1-2H3/p+2. The number of aryl methyl sites for hydroxylation is 1.